The van der Waals surface area contributed by atoms with Gasteiger partial charge in [-0.2, -0.15) is 5.10 Å². The summed E-state index contributed by atoms with van der Waals surface area (Å²) in [6, 6.07) is 0. The Morgan fingerprint density at radius 2 is 2.18 bits per heavy atom. The fourth-order valence-corrected chi connectivity index (χ4v) is 2.10. The standard InChI is InChI=1S/C9H14BrN3O3S/c1-3-13-9(14)8(10)7(6-12-13)11-4-5-17(2,15)16/h6,11H,3-5H2,1-2H3. The third-order valence-corrected chi connectivity index (χ3v) is 3.78. The lowest BCUT2D eigenvalue weighted by Gasteiger charge is -2.08. The number of aromatic nitrogens is 2. The van der Waals surface area contributed by atoms with E-state index in [1.165, 1.54) is 10.9 Å². The van der Waals surface area contributed by atoms with Crippen molar-refractivity contribution in [1.82, 2.24) is 9.78 Å². The van der Waals surface area contributed by atoms with Crippen LogP contribution in [0.5, 0.6) is 0 Å². The van der Waals surface area contributed by atoms with E-state index >= 15 is 0 Å². The van der Waals surface area contributed by atoms with Crippen molar-refractivity contribution >= 4 is 31.5 Å². The largest absolute Gasteiger partial charge is 0.382 e. The Morgan fingerprint density at radius 1 is 1.53 bits per heavy atom. The second-order valence-electron chi connectivity index (χ2n) is 3.55. The number of sulfone groups is 1. The lowest BCUT2D eigenvalue weighted by atomic mass is 10.4. The van der Waals surface area contributed by atoms with Gasteiger partial charge in [0.2, 0.25) is 0 Å². The van der Waals surface area contributed by atoms with Gasteiger partial charge in [-0.15, -0.1) is 0 Å². The molecular formula is C9H14BrN3O3S. The van der Waals surface area contributed by atoms with E-state index in [0.717, 1.165) is 6.26 Å². The van der Waals surface area contributed by atoms with Crippen molar-refractivity contribution in [2.24, 2.45) is 0 Å². The van der Waals surface area contributed by atoms with Crippen LogP contribution in [0.2, 0.25) is 0 Å². The molecule has 1 aromatic rings. The number of nitrogens with zero attached hydrogens (tertiary/aromatic N) is 2. The summed E-state index contributed by atoms with van der Waals surface area (Å²) in [6.45, 7) is 2.55. The topological polar surface area (TPSA) is 81.1 Å². The van der Waals surface area contributed by atoms with Crippen molar-refractivity contribution in [2.45, 2.75) is 13.5 Å². The third-order valence-electron chi connectivity index (χ3n) is 2.07. The molecule has 0 amide bonds. The van der Waals surface area contributed by atoms with Crippen molar-refractivity contribution in [3.63, 3.8) is 0 Å². The van der Waals surface area contributed by atoms with Gasteiger partial charge in [0.05, 0.1) is 17.6 Å². The molecule has 0 saturated carbocycles. The highest BCUT2D eigenvalue weighted by Crippen LogP contribution is 2.15. The van der Waals surface area contributed by atoms with E-state index in [0.29, 0.717) is 16.7 Å². The normalized spacial score (nSPS) is 11.5. The molecule has 8 heteroatoms. The molecule has 0 fully saturated rings. The molecule has 0 aliphatic heterocycles. The highest BCUT2D eigenvalue weighted by atomic mass is 79.9. The number of anilines is 1. The Bertz CT molecular complexity index is 553. The zero-order chi connectivity index (χ0) is 13.1. The summed E-state index contributed by atoms with van der Waals surface area (Å²) in [5.74, 6) is 0.0102. The number of nitrogens with one attached hydrogen (secondary N) is 1. The molecule has 1 aromatic heterocycles. The van der Waals surface area contributed by atoms with Crippen LogP contribution in [0, 0.1) is 0 Å². The van der Waals surface area contributed by atoms with Crippen LogP contribution in [0.1, 0.15) is 6.92 Å². The van der Waals surface area contributed by atoms with Gasteiger partial charge in [-0.25, -0.2) is 13.1 Å². The van der Waals surface area contributed by atoms with E-state index in [1.807, 2.05) is 6.92 Å². The fraction of sp³-hybridized carbons (Fsp3) is 0.556. The molecule has 0 radical (unpaired) electrons. The Balaban J connectivity index is 2.80. The van der Waals surface area contributed by atoms with Gasteiger partial charge in [0.15, 0.2) is 0 Å². The monoisotopic (exact) mass is 323 g/mol. The summed E-state index contributed by atoms with van der Waals surface area (Å²) in [5.41, 5.74) is 0.264. The van der Waals surface area contributed by atoms with Gasteiger partial charge in [0.1, 0.15) is 14.3 Å². The maximum absolute atomic E-state index is 11.7. The second kappa shape index (κ2) is 5.63. The molecule has 0 aliphatic carbocycles. The smallest absolute Gasteiger partial charge is 0.283 e. The number of hydrogen-bond donors (Lipinski definition) is 1. The molecular weight excluding hydrogens is 310 g/mol. The minimum atomic E-state index is -3.01. The average molecular weight is 324 g/mol. The van der Waals surface area contributed by atoms with Crippen LogP contribution >= 0.6 is 15.9 Å². The Hall–Kier alpha value is -0.890. The molecule has 0 aromatic carbocycles. The number of halogens is 1. The van der Waals surface area contributed by atoms with Gasteiger partial charge in [-0.3, -0.25) is 4.79 Å². The van der Waals surface area contributed by atoms with Crippen molar-refractivity contribution in [3.8, 4) is 0 Å². The zero-order valence-corrected chi connectivity index (χ0v) is 12.0. The molecule has 6 nitrogen and oxygen atoms in total. The third kappa shape index (κ3) is 4.12. The fourth-order valence-electron chi connectivity index (χ4n) is 1.18. The molecule has 17 heavy (non-hydrogen) atoms. The van der Waals surface area contributed by atoms with Crippen LogP contribution < -0.4 is 10.9 Å². The first-order valence-electron chi connectivity index (χ1n) is 5.02. The minimum Gasteiger partial charge on any atom is -0.382 e. The van der Waals surface area contributed by atoms with Crippen LogP contribution in [0.15, 0.2) is 15.5 Å². The van der Waals surface area contributed by atoms with Crippen LogP contribution in [0.4, 0.5) is 5.69 Å². The quantitative estimate of drug-likeness (QED) is 0.852. The van der Waals surface area contributed by atoms with Crippen molar-refractivity contribution in [2.75, 3.05) is 23.9 Å². The van der Waals surface area contributed by atoms with Crippen LogP contribution in [0.3, 0.4) is 0 Å². The maximum Gasteiger partial charge on any atom is 0.283 e. The molecule has 96 valence electrons. The van der Waals surface area contributed by atoms with E-state index in [9.17, 15) is 13.2 Å². The van der Waals surface area contributed by atoms with Gasteiger partial charge in [-0.1, -0.05) is 0 Å². The predicted molar refractivity (Wildman–Crippen MR) is 70.1 cm³/mol. The first-order chi connectivity index (χ1) is 7.85. The summed E-state index contributed by atoms with van der Waals surface area (Å²) < 4.78 is 23.6. The molecule has 0 spiro atoms. The molecule has 0 aliphatic rings. The zero-order valence-electron chi connectivity index (χ0n) is 9.60. The van der Waals surface area contributed by atoms with Crippen LogP contribution in [-0.4, -0.2) is 36.8 Å². The minimum absolute atomic E-state index is 0.0102. The lowest BCUT2D eigenvalue weighted by molar-refractivity contribution is 0.602. The first kappa shape index (κ1) is 14.2. The Kier molecular flexibility index (Phi) is 4.70. The van der Waals surface area contributed by atoms with Crippen molar-refractivity contribution in [3.05, 3.63) is 21.0 Å². The van der Waals surface area contributed by atoms with Crippen molar-refractivity contribution < 1.29 is 8.42 Å². The van der Waals surface area contributed by atoms with Crippen LogP contribution in [0.25, 0.3) is 0 Å². The second-order valence-corrected chi connectivity index (χ2v) is 6.60. The SMILES string of the molecule is CCn1ncc(NCCS(C)(=O)=O)c(Br)c1=O. The average Bonchev–Trinajstić information content (AvgIpc) is 2.23. The summed E-state index contributed by atoms with van der Waals surface area (Å²) in [5, 5.41) is 6.79. The molecule has 1 N–H and O–H groups in total. The van der Waals surface area contributed by atoms with E-state index in [4.69, 9.17) is 0 Å². The van der Waals surface area contributed by atoms with E-state index in [2.05, 4.69) is 26.3 Å². The van der Waals surface area contributed by atoms with Gasteiger partial charge < -0.3 is 5.32 Å². The van der Waals surface area contributed by atoms with Crippen LogP contribution in [-0.2, 0) is 16.4 Å². The van der Waals surface area contributed by atoms with E-state index in [1.54, 1.807) is 0 Å². The van der Waals surface area contributed by atoms with Gasteiger partial charge >= 0.3 is 0 Å². The van der Waals surface area contributed by atoms with Gasteiger partial charge in [0, 0.05) is 19.3 Å². The summed E-state index contributed by atoms with van der Waals surface area (Å²) >= 11 is 3.17. The van der Waals surface area contributed by atoms with E-state index < -0.39 is 9.84 Å². The lowest BCUT2D eigenvalue weighted by Crippen LogP contribution is -2.24. The number of hydrogen-bond acceptors (Lipinski definition) is 5. The molecule has 0 saturated heterocycles. The number of rotatable bonds is 5. The molecule has 0 unspecified atom stereocenters. The summed E-state index contributed by atoms with van der Waals surface area (Å²) in [7, 11) is -3.01. The Morgan fingerprint density at radius 3 is 2.71 bits per heavy atom. The maximum atomic E-state index is 11.7. The van der Waals surface area contributed by atoms with Gasteiger partial charge in [0.25, 0.3) is 5.56 Å². The Labute approximate surface area is 108 Å². The molecule has 1 heterocycles. The summed E-state index contributed by atoms with van der Waals surface area (Å²) in [4.78, 5) is 11.7. The summed E-state index contributed by atoms with van der Waals surface area (Å²) in [6.07, 6.45) is 2.66. The predicted octanol–water partition coefficient (Wildman–Crippen LogP) is 0.482. The molecule has 0 atom stereocenters. The first-order valence-corrected chi connectivity index (χ1v) is 7.87. The highest BCUT2D eigenvalue weighted by Gasteiger charge is 2.08. The molecule has 0 bridgehead atoms. The van der Waals surface area contributed by atoms with Crippen molar-refractivity contribution in [1.29, 1.82) is 0 Å². The van der Waals surface area contributed by atoms with E-state index in [-0.39, 0.29) is 17.9 Å². The number of aryl methyl sites for hydroxylation is 1. The highest BCUT2D eigenvalue weighted by molar-refractivity contribution is 9.10. The van der Waals surface area contributed by atoms with Gasteiger partial charge in [-0.05, 0) is 22.9 Å². The molecule has 1 rings (SSSR count).